The Kier molecular flexibility index (Phi) is 5.33. The Labute approximate surface area is 172 Å². The molecule has 0 bridgehead atoms. The van der Waals surface area contributed by atoms with Gasteiger partial charge >= 0.3 is 0 Å². The Morgan fingerprint density at radius 1 is 1.17 bits per heavy atom. The van der Waals surface area contributed by atoms with Crippen molar-refractivity contribution in [3.05, 3.63) is 81.4 Å². The molecule has 2 aromatic carbocycles. The van der Waals surface area contributed by atoms with Crippen LogP contribution in [0.5, 0.6) is 0 Å². The minimum absolute atomic E-state index is 0.0790. The second kappa shape index (κ2) is 8.08. The number of carbonyl (C=O) groups is 2. The summed E-state index contributed by atoms with van der Waals surface area (Å²) in [7, 11) is 0. The fraction of sp³-hybridized carbons (Fsp3) is 0.273. The molecule has 0 radical (unpaired) electrons. The molecule has 4 rings (SSSR count). The number of nitro groups is 1. The van der Waals surface area contributed by atoms with Crippen LogP contribution in [0.25, 0.3) is 5.76 Å². The van der Waals surface area contributed by atoms with Crippen molar-refractivity contribution in [2.24, 2.45) is 0 Å². The average Bonchev–Trinajstić information content (AvgIpc) is 3.36. The fourth-order valence-electron chi connectivity index (χ4n) is 3.98. The number of non-ortho nitro benzene ring substituents is 1. The lowest BCUT2D eigenvalue weighted by Gasteiger charge is -2.27. The van der Waals surface area contributed by atoms with Crippen molar-refractivity contribution in [1.29, 1.82) is 0 Å². The molecule has 1 N–H and O–H groups in total. The summed E-state index contributed by atoms with van der Waals surface area (Å²) in [4.78, 5) is 37.7. The molecule has 0 saturated carbocycles. The van der Waals surface area contributed by atoms with E-state index < -0.39 is 28.4 Å². The number of Topliss-reactive ketones (excluding diaryl/α,β-unsaturated/α-hetero) is 1. The van der Waals surface area contributed by atoms with Gasteiger partial charge in [-0.05, 0) is 18.4 Å². The maximum atomic E-state index is 12.9. The molecule has 2 aliphatic rings. The number of nitrogens with zero attached hydrogens (tertiary/aromatic N) is 2. The van der Waals surface area contributed by atoms with Crippen LogP contribution in [-0.4, -0.2) is 45.9 Å². The molecule has 0 aliphatic carbocycles. The summed E-state index contributed by atoms with van der Waals surface area (Å²) in [6.45, 7) is 0.841. The van der Waals surface area contributed by atoms with Crippen LogP contribution in [0.3, 0.4) is 0 Å². The average molecular weight is 408 g/mol. The topological polar surface area (TPSA) is 110 Å². The van der Waals surface area contributed by atoms with Gasteiger partial charge in [-0.15, -0.1) is 0 Å². The summed E-state index contributed by atoms with van der Waals surface area (Å²) in [6, 6.07) is 13.5. The first-order valence-electron chi connectivity index (χ1n) is 9.67. The molecule has 8 heteroatoms. The van der Waals surface area contributed by atoms with Crippen LogP contribution in [0.15, 0.2) is 60.2 Å². The maximum absolute atomic E-state index is 12.9. The summed E-state index contributed by atoms with van der Waals surface area (Å²) in [5.41, 5.74) is 0.482. The number of ether oxygens (including phenoxy) is 1. The molecule has 2 heterocycles. The molecule has 30 heavy (non-hydrogen) atoms. The zero-order valence-electron chi connectivity index (χ0n) is 16.1. The Balaban J connectivity index is 1.82. The largest absolute Gasteiger partial charge is 0.507 e. The number of nitro benzene ring substituents is 1. The summed E-state index contributed by atoms with van der Waals surface area (Å²) >= 11 is 0. The highest BCUT2D eigenvalue weighted by atomic mass is 16.6. The quantitative estimate of drug-likeness (QED) is 0.267. The predicted molar refractivity (Wildman–Crippen MR) is 108 cm³/mol. The first kappa shape index (κ1) is 19.8. The summed E-state index contributed by atoms with van der Waals surface area (Å²) in [6.07, 6.45) is 1.50. The smallest absolute Gasteiger partial charge is 0.295 e. The van der Waals surface area contributed by atoms with Crippen molar-refractivity contribution in [1.82, 2.24) is 4.90 Å². The van der Waals surface area contributed by atoms with Crippen molar-refractivity contribution in [2.75, 3.05) is 13.2 Å². The van der Waals surface area contributed by atoms with E-state index in [1.54, 1.807) is 24.3 Å². The first-order valence-corrected chi connectivity index (χ1v) is 9.67. The van der Waals surface area contributed by atoms with Crippen LogP contribution in [-0.2, 0) is 14.3 Å². The third kappa shape index (κ3) is 3.57. The van der Waals surface area contributed by atoms with Gasteiger partial charge in [0.25, 0.3) is 17.4 Å². The number of likely N-dealkylation sites (tertiary alicyclic amines) is 1. The number of aliphatic hydroxyl groups excluding tert-OH is 1. The van der Waals surface area contributed by atoms with Crippen LogP contribution in [0.4, 0.5) is 5.69 Å². The van der Waals surface area contributed by atoms with Crippen LogP contribution in [0.1, 0.15) is 30.0 Å². The number of hydrogen-bond donors (Lipinski definition) is 1. The lowest BCUT2D eigenvalue weighted by atomic mass is 9.95. The summed E-state index contributed by atoms with van der Waals surface area (Å²) < 4.78 is 5.65. The highest BCUT2D eigenvalue weighted by Gasteiger charge is 2.47. The lowest BCUT2D eigenvalue weighted by Crippen LogP contribution is -2.36. The molecule has 0 aromatic heterocycles. The molecule has 2 unspecified atom stereocenters. The van der Waals surface area contributed by atoms with Gasteiger partial charge in [0, 0.05) is 30.8 Å². The molecule has 2 aliphatic heterocycles. The number of ketones is 1. The van der Waals surface area contributed by atoms with E-state index in [1.807, 2.05) is 6.07 Å². The Morgan fingerprint density at radius 2 is 1.93 bits per heavy atom. The van der Waals surface area contributed by atoms with Gasteiger partial charge in [-0.1, -0.05) is 42.5 Å². The molecule has 8 nitrogen and oxygen atoms in total. The van der Waals surface area contributed by atoms with Gasteiger partial charge in [-0.2, -0.15) is 0 Å². The monoisotopic (exact) mass is 408 g/mol. The van der Waals surface area contributed by atoms with E-state index >= 15 is 0 Å². The van der Waals surface area contributed by atoms with Crippen molar-refractivity contribution < 1.29 is 24.4 Å². The maximum Gasteiger partial charge on any atom is 0.295 e. The highest BCUT2D eigenvalue weighted by Crippen LogP contribution is 2.40. The highest BCUT2D eigenvalue weighted by molar-refractivity contribution is 6.46. The number of benzene rings is 2. The number of hydrogen-bond acceptors (Lipinski definition) is 6. The molecule has 0 spiro atoms. The van der Waals surface area contributed by atoms with E-state index in [2.05, 4.69) is 0 Å². The molecular weight excluding hydrogens is 388 g/mol. The van der Waals surface area contributed by atoms with Gasteiger partial charge in [0.2, 0.25) is 0 Å². The standard InChI is InChI=1S/C22H20N2O6/c25-20(15-8-4-9-16(12-15)24(28)29)18-19(14-6-2-1-3-7-14)23(22(27)21(18)26)13-17-10-5-11-30-17/h1-4,6-9,12,17,19,25H,5,10-11,13H2/b20-18-. The minimum atomic E-state index is -0.814. The first-order chi connectivity index (χ1) is 14.5. The zero-order chi connectivity index (χ0) is 21.3. The molecule has 2 saturated heterocycles. The zero-order valence-corrected chi connectivity index (χ0v) is 16.1. The number of amides is 1. The predicted octanol–water partition coefficient (Wildman–Crippen LogP) is 3.20. The van der Waals surface area contributed by atoms with E-state index in [9.17, 15) is 24.8 Å². The van der Waals surface area contributed by atoms with E-state index in [0.717, 1.165) is 12.8 Å². The summed E-state index contributed by atoms with van der Waals surface area (Å²) in [5.74, 6) is -1.96. The van der Waals surface area contributed by atoms with E-state index in [4.69, 9.17) is 4.74 Å². The number of aliphatic hydroxyl groups is 1. The van der Waals surface area contributed by atoms with Crippen LogP contribution in [0, 0.1) is 10.1 Å². The Morgan fingerprint density at radius 3 is 2.60 bits per heavy atom. The second-order valence-corrected chi connectivity index (χ2v) is 7.30. The lowest BCUT2D eigenvalue weighted by molar-refractivity contribution is -0.384. The van der Waals surface area contributed by atoms with Crippen LogP contribution >= 0.6 is 0 Å². The van der Waals surface area contributed by atoms with E-state index in [1.165, 1.54) is 29.2 Å². The molecule has 1 amide bonds. The van der Waals surface area contributed by atoms with E-state index in [0.29, 0.717) is 12.2 Å². The third-order valence-electron chi connectivity index (χ3n) is 5.41. The second-order valence-electron chi connectivity index (χ2n) is 7.30. The summed E-state index contributed by atoms with van der Waals surface area (Å²) in [5, 5.41) is 22.1. The van der Waals surface area contributed by atoms with Crippen molar-refractivity contribution >= 4 is 23.1 Å². The van der Waals surface area contributed by atoms with Crippen molar-refractivity contribution in [3.8, 4) is 0 Å². The van der Waals surface area contributed by atoms with Crippen LogP contribution in [0.2, 0.25) is 0 Å². The van der Waals surface area contributed by atoms with E-state index in [-0.39, 0.29) is 29.5 Å². The van der Waals surface area contributed by atoms with Crippen molar-refractivity contribution in [2.45, 2.75) is 25.0 Å². The van der Waals surface area contributed by atoms with Crippen LogP contribution < -0.4 is 0 Å². The van der Waals surface area contributed by atoms with Gasteiger partial charge in [0.1, 0.15) is 5.76 Å². The van der Waals surface area contributed by atoms with Gasteiger partial charge in [-0.3, -0.25) is 19.7 Å². The Hall–Kier alpha value is -3.52. The molecule has 2 atom stereocenters. The van der Waals surface area contributed by atoms with Gasteiger partial charge in [0.15, 0.2) is 0 Å². The van der Waals surface area contributed by atoms with Gasteiger partial charge in [-0.25, -0.2) is 0 Å². The Bertz CT molecular complexity index is 1030. The number of carbonyl (C=O) groups excluding carboxylic acids is 2. The number of rotatable bonds is 5. The van der Waals surface area contributed by atoms with Gasteiger partial charge in [0.05, 0.1) is 22.6 Å². The fourth-order valence-corrected chi connectivity index (χ4v) is 3.98. The molecule has 2 fully saturated rings. The normalized spacial score (nSPS) is 23.1. The molecule has 154 valence electrons. The SMILES string of the molecule is O=C1C(=O)N(CC2CCCO2)C(c2ccccc2)/C1=C(/O)c1cccc([N+](=O)[O-])c1. The minimum Gasteiger partial charge on any atom is -0.507 e. The van der Waals surface area contributed by atoms with Gasteiger partial charge < -0.3 is 14.7 Å². The molecule has 2 aromatic rings. The van der Waals surface area contributed by atoms with Crippen molar-refractivity contribution in [3.63, 3.8) is 0 Å². The third-order valence-corrected chi connectivity index (χ3v) is 5.41. The molecular formula is C22H20N2O6.